The number of anilines is 1. The number of aromatic nitrogens is 2. The SMILES string of the molecule is COc1ccc(OC)c(NS(=O)(=O)c2cc3c(cc2C)n(C)c(=O)n3C)c1. The van der Waals surface area contributed by atoms with Crippen molar-refractivity contribution in [2.24, 2.45) is 14.1 Å². The summed E-state index contributed by atoms with van der Waals surface area (Å²) in [6.07, 6.45) is 0. The zero-order valence-corrected chi connectivity index (χ0v) is 16.5. The number of benzene rings is 2. The molecule has 0 fully saturated rings. The molecule has 2 aromatic carbocycles. The van der Waals surface area contributed by atoms with Gasteiger partial charge in [0.05, 0.1) is 35.8 Å². The molecule has 0 aliphatic carbocycles. The molecule has 1 aromatic heterocycles. The van der Waals surface area contributed by atoms with Crippen molar-refractivity contribution < 1.29 is 17.9 Å². The van der Waals surface area contributed by atoms with Crippen LogP contribution in [0.1, 0.15) is 5.56 Å². The van der Waals surface area contributed by atoms with Gasteiger partial charge >= 0.3 is 5.69 Å². The van der Waals surface area contributed by atoms with Crippen LogP contribution in [-0.4, -0.2) is 31.8 Å². The van der Waals surface area contributed by atoms with E-state index in [1.54, 1.807) is 45.3 Å². The van der Waals surface area contributed by atoms with E-state index in [4.69, 9.17) is 9.47 Å². The minimum atomic E-state index is -3.92. The lowest BCUT2D eigenvalue weighted by Crippen LogP contribution is -2.19. The van der Waals surface area contributed by atoms with Crippen molar-refractivity contribution in [3.63, 3.8) is 0 Å². The minimum absolute atomic E-state index is 0.0843. The summed E-state index contributed by atoms with van der Waals surface area (Å²) in [5.74, 6) is 0.858. The fourth-order valence-corrected chi connectivity index (χ4v) is 4.32. The largest absolute Gasteiger partial charge is 0.497 e. The highest BCUT2D eigenvalue weighted by atomic mass is 32.2. The Morgan fingerprint density at radius 2 is 1.59 bits per heavy atom. The summed E-state index contributed by atoms with van der Waals surface area (Å²) in [6.45, 7) is 1.69. The van der Waals surface area contributed by atoms with E-state index >= 15 is 0 Å². The molecule has 0 spiro atoms. The van der Waals surface area contributed by atoms with Gasteiger partial charge in [0.15, 0.2) is 0 Å². The van der Waals surface area contributed by atoms with Gasteiger partial charge in [-0.1, -0.05) is 0 Å². The molecular formula is C18H21N3O5S. The van der Waals surface area contributed by atoms with Gasteiger partial charge < -0.3 is 9.47 Å². The van der Waals surface area contributed by atoms with Crippen molar-refractivity contribution >= 4 is 26.7 Å². The topological polar surface area (TPSA) is 91.6 Å². The van der Waals surface area contributed by atoms with Crippen LogP contribution >= 0.6 is 0 Å². The Bertz CT molecular complexity index is 1190. The Morgan fingerprint density at radius 3 is 2.19 bits per heavy atom. The molecule has 3 rings (SSSR count). The minimum Gasteiger partial charge on any atom is -0.497 e. The number of sulfonamides is 1. The normalized spacial score (nSPS) is 11.6. The first-order valence-electron chi connectivity index (χ1n) is 8.10. The molecule has 0 saturated carbocycles. The highest BCUT2D eigenvalue weighted by molar-refractivity contribution is 7.92. The maximum absolute atomic E-state index is 13.0. The second-order valence-corrected chi connectivity index (χ2v) is 7.83. The van der Waals surface area contributed by atoms with Crippen LogP contribution in [0.15, 0.2) is 40.0 Å². The van der Waals surface area contributed by atoms with E-state index in [1.165, 1.54) is 29.4 Å². The number of imidazole rings is 1. The van der Waals surface area contributed by atoms with Gasteiger partial charge in [-0.05, 0) is 36.8 Å². The number of hydrogen-bond acceptors (Lipinski definition) is 5. The van der Waals surface area contributed by atoms with Crippen LogP contribution in [0.2, 0.25) is 0 Å². The first kappa shape index (κ1) is 18.8. The highest BCUT2D eigenvalue weighted by Crippen LogP contribution is 2.32. The third-order valence-electron chi connectivity index (χ3n) is 4.51. The zero-order chi connectivity index (χ0) is 19.9. The van der Waals surface area contributed by atoms with E-state index in [0.717, 1.165) is 0 Å². The lowest BCUT2D eigenvalue weighted by molar-refractivity contribution is 0.405. The number of nitrogens with zero attached hydrogens (tertiary/aromatic N) is 2. The average molecular weight is 391 g/mol. The zero-order valence-electron chi connectivity index (χ0n) is 15.7. The summed E-state index contributed by atoms with van der Waals surface area (Å²) in [5, 5.41) is 0. The Morgan fingerprint density at radius 1 is 0.963 bits per heavy atom. The predicted molar refractivity (Wildman–Crippen MR) is 103 cm³/mol. The van der Waals surface area contributed by atoms with Crippen LogP contribution < -0.4 is 19.9 Å². The van der Waals surface area contributed by atoms with Crippen LogP contribution in [-0.2, 0) is 24.1 Å². The summed E-state index contributed by atoms with van der Waals surface area (Å²) in [4.78, 5) is 12.2. The van der Waals surface area contributed by atoms with Crippen LogP contribution in [0.3, 0.4) is 0 Å². The molecule has 0 saturated heterocycles. The van der Waals surface area contributed by atoms with Crippen molar-refractivity contribution in [2.75, 3.05) is 18.9 Å². The smallest absolute Gasteiger partial charge is 0.328 e. The maximum atomic E-state index is 13.0. The van der Waals surface area contributed by atoms with E-state index in [1.807, 2.05) is 0 Å². The van der Waals surface area contributed by atoms with Gasteiger partial charge in [-0.25, -0.2) is 13.2 Å². The van der Waals surface area contributed by atoms with Crippen LogP contribution in [0.25, 0.3) is 11.0 Å². The molecule has 0 amide bonds. The molecule has 1 N–H and O–H groups in total. The molecule has 9 heteroatoms. The molecule has 0 atom stereocenters. The number of rotatable bonds is 5. The first-order valence-corrected chi connectivity index (χ1v) is 9.59. The van der Waals surface area contributed by atoms with E-state index in [2.05, 4.69) is 4.72 Å². The van der Waals surface area contributed by atoms with Gasteiger partial charge in [0.2, 0.25) is 0 Å². The third kappa shape index (κ3) is 3.14. The van der Waals surface area contributed by atoms with Crippen molar-refractivity contribution in [3.05, 3.63) is 46.4 Å². The molecule has 0 unspecified atom stereocenters. The van der Waals surface area contributed by atoms with E-state index in [0.29, 0.717) is 28.1 Å². The number of nitrogens with one attached hydrogen (secondary N) is 1. The monoisotopic (exact) mass is 391 g/mol. The van der Waals surface area contributed by atoms with Crippen LogP contribution in [0.4, 0.5) is 5.69 Å². The maximum Gasteiger partial charge on any atom is 0.328 e. The summed E-state index contributed by atoms with van der Waals surface area (Å²) < 4.78 is 41.9. The molecule has 0 aliphatic heterocycles. The van der Waals surface area contributed by atoms with E-state index < -0.39 is 10.0 Å². The Balaban J connectivity index is 2.14. The lowest BCUT2D eigenvalue weighted by atomic mass is 10.2. The van der Waals surface area contributed by atoms with Crippen molar-refractivity contribution in [1.82, 2.24) is 9.13 Å². The lowest BCUT2D eigenvalue weighted by Gasteiger charge is -2.14. The highest BCUT2D eigenvalue weighted by Gasteiger charge is 2.22. The molecule has 144 valence electrons. The van der Waals surface area contributed by atoms with Gasteiger partial charge in [0.1, 0.15) is 11.5 Å². The fourth-order valence-electron chi connectivity index (χ4n) is 3.01. The van der Waals surface area contributed by atoms with Crippen LogP contribution in [0.5, 0.6) is 11.5 Å². The second kappa shape index (κ2) is 6.66. The summed E-state index contributed by atoms with van der Waals surface area (Å²) in [6, 6.07) is 8.03. The second-order valence-electron chi connectivity index (χ2n) is 6.18. The predicted octanol–water partition coefficient (Wildman–Crippen LogP) is 2.00. The molecule has 1 heterocycles. The standard InChI is InChI=1S/C18H21N3O5S/c1-11-8-14-15(21(3)18(22)20(14)2)10-17(11)27(23,24)19-13-9-12(25-4)6-7-16(13)26-5/h6-10,19H,1-5H3. The molecule has 8 nitrogen and oxygen atoms in total. The van der Waals surface area contributed by atoms with Gasteiger partial charge in [-0.2, -0.15) is 0 Å². The number of methoxy groups -OCH3 is 2. The fraction of sp³-hybridized carbons (Fsp3) is 0.278. The summed E-state index contributed by atoms with van der Waals surface area (Å²) in [7, 11) is 2.28. The van der Waals surface area contributed by atoms with Crippen LogP contribution in [0, 0.1) is 6.92 Å². The van der Waals surface area contributed by atoms with Gasteiger partial charge in [0.25, 0.3) is 10.0 Å². The number of aryl methyl sites for hydroxylation is 3. The van der Waals surface area contributed by atoms with E-state index in [9.17, 15) is 13.2 Å². The Labute approximate surface area is 157 Å². The van der Waals surface area contributed by atoms with Crippen molar-refractivity contribution in [3.8, 4) is 11.5 Å². The summed E-state index contributed by atoms with van der Waals surface area (Å²) in [5.41, 5.74) is 1.77. The molecule has 3 aromatic rings. The quantitative estimate of drug-likeness (QED) is 0.718. The summed E-state index contributed by atoms with van der Waals surface area (Å²) >= 11 is 0. The molecular weight excluding hydrogens is 370 g/mol. The van der Waals surface area contributed by atoms with E-state index in [-0.39, 0.29) is 16.3 Å². The number of fused-ring (bicyclic) bond motifs is 1. The van der Waals surface area contributed by atoms with Gasteiger partial charge in [-0.15, -0.1) is 0 Å². The average Bonchev–Trinajstić information content (AvgIpc) is 2.84. The molecule has 0 bridgehead atoms. The molecule has 0 aliphatic rings. The Hall–Kier alpha value is -2.94. The first-order chi connectivity index (χ1) is 12.7. The van der Waals surface area contributed by atoms with Crippen molar-refractivity contribution in [1.29, 1.82) is 0 Å². The van der Waals surface area contributed by atoms with Gasteiger partial charge in [-0.3, -0.25) is 13.9 Å². The number of hydrogen-bond donors (Lipinski definition) is 1. The van der Waals surface area contributed by atoms with Crippen molar-refractivity contribution in [2.45, 2.75) is 11.8 Å². The molecule has 0 radical (unpaired) electrons. The number of ether oxygens (including phenoxy) is 2. The molecule has 27 heavy (non-hydrogen) atoms. The van der Waals surface area contributed by atoms with Gasteiger partial charge in [0, 0.05) is 20.2 Å². The Kier molecular flexibility index (Phi) is 4.64. The third-order valence-corrected chi connectivity index (χ3v) is 6.02.